The van der Waals surface area contributed by atoms with E-state index in [2.05, 4.69) is 53.1 Å². The molecule has 0 saturated carbocycles. The van der Waals surface area contributed by atoms with Crippen LogP contribution in [0.2, 0.25) is 0 Å². The van der Waals surface area contributed by atoms with Crippen LogP contribution in [0.1, 0.15) is 20.3 Å². The van der Waals surface area contributed by atoms with Crippen LogP contribution in [0.5, 0.6) is 0 Å². The SMILES string of the molecule is CCN(C(=O)Nc1c(Br)cc(Br)cc1Br)C(C)CC(=O)O. The van der Waals surface area contributed by atoms with Crippen molar-refractivity contribution >= 4 is 65.5 Å². The van der Waals surface area contributed by atoms with Gasteiger partial charge in [-0.1, -0.05) is 15.9 Å². The Morgan fingerprint density at radius 3 is 2.24 bits per heavy atom. The quantitative estimate of drug-likeness (QED) is 0.634. The van der Waals surface area contributed by atoms with Gasteiger partial charge in [0.25, 0.3) is 0 Å². The summed E-state index contributed by atoms with van der Waals surface area (Å²) in [6.07, 6.45) is -0.0933. The fourth-order valence-corrected chi connectivity index (χ4v) is 4.32. The van der Waals surface area contributed by atoms with E-state index >= 15 is 0 Å². The number of aliphatic carboxylic acids is 1. The van der Waals surface area contributed by atoms with Gasteiger partial charge in [-0.25, -0.2) is 4.79 Å². The number of anilines is 1. The third kappa shape index (κ3) is 5.27. The van der Waals surface area contributed by atoms with Crippen LogP contribution in [0.15, 0.2) is 25.6 Å². The van der Waals surface area contributed by atoms with Crippen molar-refractivity contribution in [1.29, 1.82) is 0 Å². The molecule has 1 aromatic carbocycles. The summed E-state index contributed by atoms with van der Waals surface area (Å²) < 4.78 is 2.31. The topological polar surface area (TPSA) is 69.6 Å². The second-order valence-corrected chi connectivity index (χ2v) is 7.03. The average molecular weight is 487 g/mol. The lowest BCUT2D eigenvalue weighted by Gasteiger charge is -2.27. The number of nitrogens with zero attached hydrogens (tertiary/aromatic N) is 1. The smallest absolute Gasteiger partial charge is 0.322 e. The predicted octanol–water partition coefficient (Wildman–Crippen LogP) is 4.69. The number of hydrogen-bond donors (Lipinski definition) is 2. The van der Waals surface area contributed by atoms with Crippen molar-refractivity contribution in [2.75, 3.05) is 11.9 Å². The molecular formula is C13H15Br3N2O3. The van der Waals surface area contributed by atoms with E-state index in [4.69, 9.17) is 5.11 Å². The molecular weight excluding hydrogens is 472 g/mol. The first-order chi connectivity index (χ1) is 9.76. The number of urea groups is 1. The highest BCUT2D eigenvalue weighted by molar-refractivity contribution is 9.11. The Balaban J connectivity index is 2.91. The van der Waals surface area contributed by atoms with Crippen LogP contribution in [0, 0.1) is 0 Å². The molecule has 0 aliphatic carbocycles. The third-order valence-electron chi connectivity index (χ3n) is 2.84. The molecule has 0 aliphatic heterocycles. The van der Waals surface area contributed by atoms with E-state index < -0.39 is 5.97 Å². The van der Waals surface area contributed by atoms with Crippen molar-refractivity contribution in [3.8, 4) is 0 Å². The molecule has 0 heterocycles. The first-order valence-electron chi connectivity index (χ1n) is 6.20. The lowest BCUT2D eigenvalue weighted by Crippen LogP contribution is -2.42. The van der Waals surface area contributed by atoms with Gasteiger partial charge < -0.3 is 15.3 Å². The molecule has 0 spiro atoms. The Morgan fingerprint density at radius 1 is 1.29 bits per heavy atom. The normalized spacial score (nSPS) is 11.9. The zero-order valence-electron chi connectivity index (χ0n) is 11.5. The largest absolute Gasteiger partial charge is 0.481 e. The van der Waals surface area contributed by atoms with Gasteiger partial charge in [-0.3, -0.25) is 4.79 Å². The maximum Gasteiger partial charge on any atom is 0.322 e. The minimum Gasteiger partial charge on any atom is -0.481 e. The van der Waals surface area contributed by atoms with E-state index in [-0.39, 0.29) is 18.5 Å². The monoisotopic (exact) mass is 484 g/mol. The second kappa shape index (κ2) is 8.14. The highest BCUT2D eigenvalue weighted by atomic mass is 79.9. The molecule has 1 unspecified atom stereocenters. The van der Waals surface area contributed by atoms with Gasteiger partial charge >= 0.3 is 12.0 Å². The summed E-state index contributed by atoms with van der Waals surface area (Å²) in [5.74, 6) is -0.931. The molecule has 1 rings (SSSR count). The van der Waals surface area contributed by atoms with Gasteiger partial charge in [0, 0.05) is 26.0 Å². The molecule has 1 aromatic rings. The number of benzene rings is 1. The fourth-order valence-electron chi connectivity index (χ4n) is 1.86. The van der Waals surface area contributed by atoms with Crippen LogP contribution >= 0.6 is 47.8 Å². The number of carbonyl (C=O) groups excluding carboxylic acids is 1. The number of amides is 2. The molecule has 116 valence electrons. The Kier molecular flexibility index (Phi) is 7.15. The van der Waals surface area contributed by atoms with Crippen LogP contribution in [0.3, 0.4) is 0 Å². The highest BCUT2D eigenvalue weighted by Crippen LogP contribution is 2.34. The van der Waals surface area contributed by atoms with Crippen molar-refractivity contribution in [2.24, 2.45) is 0 Å². The number of carbonyl (C=O) groups is 2. The van der Waals surface area contributed by atoms with Crippen molar-refractivity contribution in [1.82, 2.24) is 4.90 Å². The first kappa shape index (κ1) is 18.4. The van der Waals surface area contributed by atoms with Crippen LogP contribution in [0.25, 0.3) is 0 Å². The summed E-state index contributed by atoms with van der Waals surface area (Å²) in [5.41, 5.74) is 0.601. The maximum atomic E-state index is 12.3. The molecule has 0 radical (unpaired) electrons. The molecule has 0 aliphatic rings. The fraction of sp³-hybridized carbons (Fsp3) is 0.385. The third-order valence-corrected chi connectivity index (χ3v) is 4.55. The van der Waals surface area contributed by atoms with Crippen LogP contribution in [-0.2, 0) is 4.79 Å². The summed E-state index contributed by atoms with van der Waals surface area (Å²) in [4.78, 5) is 24.6. The molecule has 21 heavy (non-hydrogen) atoms. The van der Waals surface area contributed by atoms with E-state index in [1.54, 1.807) is 6.92 Å². The predicted molar refractivity (Wildman–Crippen MR) is 92.7 cm³/mol. The van der Waals surface area contributed by atoms with E-state index in [0.29, 0.717) is 12.2 Å². The van der Waals surface area contributed by atoms with E-state index in [0.717, 1.165) is 13.4 Å². The Morgan fingerprint density at radius 2 is 1.81 bits per heavy atom. The van der Waals surface area contributed by atoms with Gasteiger partial charge in [-0.15, -0.1) is 0 Å². The highest BCUT2D eigenvalue weighted by Gasteiger charge is 2.22. The summed E-state index contributed by atoms with van der Waals surface area (Å²) in [7, 11) is 0. The zero-order chi connectivity index (χ0) is 16.2. The number of hydrogen-bond acceptors (Lipinski definition) is 2. The Labute approximate surface area is 148 Å². The lowest BCUT2D eigenvalue weighted by molar-refractivity contribution is -0.137. The van der Waals surface area contributed by atoms with Crippen molar-refractivity contribution in [3.05, 3.63) is 25.6 Å². The van der Waals surface area contributed by atoms with E-state index in [1.165, 1.54) is 4.90 Å². The zero-order valence-corrected chi connectivity index (χ0v) is 16.2. The number of carboxylic acid groups (broad SMARTS) is 1. The van der Waals surface area contributed by atoms with Crippen LogP contribution in [0.4, 0.5) is 10.5 Å². The first-order valence-corrected chi connectivity index (χ1v) is 8.58. The van der Waals surface area contributed by atoms with Crippen molar-refractivity contribution in [2.45, 2.75) is 26.3 Å². The molecule has 2 amide bonds. The van der Waals surface area contributed by atoms with Crippen LogP contribution in [-0.4, -0.2) is 34.6 Å². The molecule has 0 saturated heterocycles. The van der Waals surface area contributed by atoms with E-state index in [9.17, 15) is 9.59 Å². The average Bonchev–Trinajstić information content (AvgIpc) is 2.33. The lowest BCUT2D eigenvalue weighted by atomic mass is 10.2. The summed E-state index contributed by atoms with van der Waals surface area (Å²) in [6.45, 7) is 3.94. The van der Waals surface area contributed by atoms with Crippen molar-refractivity contribution in [3.63, 3.8) is 0 Å². The summed E-state index contributed by atoms with van der Waals surface area (Å²) >= 11 is 10.1. The summed E-state index contributed by atoms with van der Waals surface area (Å²) in [5, 5.41) is 11.6. The number of halogens is 3. The van der Waals surface area contributed by atoms with Gasteiger partial charge in [0.1, 0.15) is 0 Å². The van der Waals surface area contributed by atoms with Gasteiger partial charge in [-0.2, -0.15) is 0 Å². The van der Waals surface area contributed by atoms with Gasteiger partial charge in [0.15, 0.2) is 0 Å². The molecule has 0 aromatic heterocycles. The molecule has 5 nitrogen and oxygen atoms in total. The van der Waals surface area contributed by atoms with Gasteiger partial charge in [0.2, 0.25) is 0 Å². The van der Waals surface area contributed by atoms with Gasteiger partial charge in [-0.05, 0) is 57.8 Å². The second-order valence-electron chi connectivity index (χ2n) is 4.41. The Bertz CT molecular complexity index is 528. The molecule has 1 atom stereocenters. The molecule has 0 fully saturated rings. The minimum atomic E-state index is -0.931. The molecule has 8 heteroatoms. The van der Waals surface area contributed by atoms with E-state index in [1.807, 2.05) is 19.1 Å². The van der Waals surface area contributed by atoms with Gasteiger partial charge in [0.05, 0.1) is 12.1 Å². The Hall–Kier alpha value is -0.600. The maximum absolute atomic E-state index is 12.3. The van der Waals surface area contributed by atoms with Crippen LogP contribution < -0.4 is 5.32 Å². The standard InChI is InChI=1S/C13H15Br3N2O3/c1-3-18(7(2)4-11(19)20)13(21)17-12-9(15)5-8(14)6-10(12)16/h5-7H,3-4H2,1-2H3,(H,17,21)(H,19,20). The number of rotatable bonds is 5. The summed E-state index contributed by atoms with van der Waals surface area (Å²) in [6, 6.07) is 2.91. The number of carboxylic acids is 1. The van der Waals surface area contributed by atoms with Crippen molar-refractivity contribution < 1.29 is 14.7 Å². The number of nitrogens with one attached hydrogen (secondary N) is 1. The molecule has 0 bridgehead atoms. The molecule has 2 N–H and O–H groups in total. The minimum absolute atomic E-state index is 0.0933.